The van der Waals surface area contributed by atoms with Crippen molar-refractivity contribution >= 4 is 26.9 Å². The van der Waals surface area contributed by atoms with Crippen LogP contribution in [0.5, 0.6) is 0 Å². The summed E-state index contributed by atoms with van der Waals surface area (Å²) in [7, 11) is -3.73. The predicted octanol–water partition coefficient (Wildman–Crippen LogP) is 2.16. The van der Waals surface area contributed by atoms with Crippen LogP contribution in [0, 0.1) is 6.92 Å². The zero-order valence-electron chi connectivity index (χ0n) is 15.7. The molecule has 0 aliphatic carbocycles. The predicted molar refractivity (Wildman–Crippen MR) is 106 cm³/mol. The van der Waals surface area contributed by atoms with Crippen LogP contribution in [-0.4, -0.2) is 47.5 Å². The Morgan fingerprint density at radius 1 is 1.15 bits per heavy atom. The van der Waals surface area contributed by atoms with Crippen molar-refractivity contribution in [2.45, 2.75) is 31.2 Å². The number of benzene rings is 1. The molecule has 0 unspecified atom stereocenters. The molecule has 0 amide bonds. The molecule has 2 aromatic heterocycles. The SMILES string of the molecule is Cc1cc2c(N3CCNC(C)(C)C3)ncnc2n1S(=O)(=O)c1ccccc1. The number of rotatable bonds is 3. The fourth-order valence-electron chi connectivity index (χ4n) is 3.68. The van der Waals surface area contributed by atoms with Gasteiger partial charge in [-0.25, -0.2) is 22.4 Å². The van der Waals surface area contributed by atoms with E-state index in [2.05, 4.69) is 34.0 Å². The number of hydrogen-bond acceptors (Lipinski definition) is 6. The highest BCUT2D eigenvalue weighted by Gasteiger charge is 2.29. The first-order valence-corrected chi connectivity index (χ1v) is 10.4. The summed E-state index contributed by atoms with van der Waals surface area (Å²) in [5, 5.41) is 4.24. The molecule has 4 rings (SSSR count). The quantitative estimate of drug-likeness (QED) is 0.744. The Labute approximate surface area is 159 Å². The number of piperazine rings is 1. The molecule has 0 radical (unpaired) electrons. The van der Waals surface area contributed by atoms with Crippen molar-refractivity contribution in [2.75, 3.05) is 24.5 Å². The summed E-state index contributed by atoms with van der Waals surface area (Å²) >= 11 is 0. The van der Waals surface area contributed by atoms with Gasteiger partial charge in [0.2, 0.25) is 0 Å². The van der Waals surface area contributed by atoms with Crippen LogP contribution in [0.4, 0.5) is 5.82 Å². The van der Waals surface area contributed by atoms with Gasteiger partial charge in [-0.3, -0.25) is 0 Å². The Bertz CT molecular complexity index is 1090. The molecule has 27 heavy (non-hydrogen) atoms. The second-order valence-corrected chi connectivity index (χ2v) is 9.32. The molecule has 142 valence electrons. The average Bonchev–Trinajstić information content (AvgIpc) is 2.98. The van der Waals surface area contributed by atoms with Crippen molar-refractivity contribution in [3.63, 3.8) is 0 Å². The summed E-state index contributed by atoms with van der Waals surface area (Å²) in [6.07, 6.45) is 1.45. The lowest BCUT2D eigenvalue weighted by Crippen LogP contribution is -2.57. The van der Waals surface area contributed by atoms with E-state index >= 15 is 0 Å². The molecule has 3 aromatic rings. The molecular weight excluding hydrogens is 362 g/mol. The largest absolute Gasteiger partial charge is 0.353 e. The summed E-state index contributed by atoms with van der Waals surface area (Å²) in [5.41, 5.74) is 0.992. The highest BCUT2D eigenvalue weighted by molar-refractivity contribution is 7.90. The Kier molecular flexibility index (Phi) is 4.20. The van der Waals surface area contributed by atoms with Crippen molar-refractivity contribution < 1.29 is 8.42 Å². The van der Waals surface area contributed by atoms with Gasteiger partial charge in [-0.1, -0.05) is 18.2 Å². The van der Waals surface area contributed by atoms with E-state index < -0.39 is 10.0 Å². The molecule has 1 aromatic carbocycles. The van der Waals surface area contributed by atoms with Crippen molar-refractivity contribution in [3.8, 4) is 0 Å². The zero-order chi connectivity index (χ0) is 19.2. The zero-order valence-corrected chi connectivity index (χ0v) is 16.5. The van der Waals surface area contributed by atoms with E-state index in [1.165, 1.54) is 10.3 Å². The molecule has 7 nitrogen and oxygen atoms in total. The molecule has 3 heterocycles. The van der Waals surface area contributed by atoms with Gasteiger partial charge in [-0.05, 0) is 39.0 Å². The molecule has 0 atom stereocenters. The first kappa shape index (κ1) is 17.9. The van der Waals surface area contributed by atoms with Crippen molar-refractivity contribution in [2.24, 2.45) is 0 Å². The monoisotopic (exact) mass is 385 g/mol. The van der Waals surface area contributed by atoms with Crippen LogP contribution in [-0.2, 0) is 10.0 Å². The van der Waals surface area contributed by atoms with E-state index in [1.54, 1.807) is 37.3 Å². The normalized spacial score (nSPS) is 17.4. The van der Waals surface area contributed by atoms with E-state index in [1.807, 2.05) is 6.07 Å². The van der Waals surface area contributed by atoms with Crippen LogP contribution in [0.1, 0.15) is 19.5 Å². The van der Waals surface area contributed by atoms with Gasteiger partial charge in [-0.15, -0.1) is 0 Å². The molecule has 0 spiro atoms. The number of hydrogen-bond donors (Lipinski definition) is 1. The fourth-order valence-corrected chi connectivity index (χ4v) is 5.20. The lowest BCUT2D eigenvalue weighted by Gasteiger charge is -2.39. The molecule has 0 saturated carbocycles. The van der Waals surface area contributed by atoms with Gasteiger partial charge in [0.1, 0.15) is 12.1 Å². The Morgan fingerprint density at radius 3 is 2.59 bits per heavy atom. The van der Waals surface area contributed by atoms with Gasteiger partial charge < -0.3 is 10.2 Å². The summed E-state index contributed by atoms with van der Waals surface area (Å²) in [4.78, 5) is 11.2. The van der Waals surface area contributed by atoms with Crippen LogP contribution in [0.15, 0.2) is 47.6 Å². The van der Waals surface area contributed by atoms with Crippen molar-refractivity contribution in [3.05, 3.63) is 48.4 Å². The van der Waals surface area contributed by atoms with E-state index in [-0.39, 0.29) is 10.4 Å². The van der Waals surface area contributed by atoms with Gasteiger partial charge in [0.15, 0.2) is 5.65 Å². The van der Waals surface area contributed by atoms with E-state index in [0.29, 0.717) is 11.3 Å². The maximum atomic E-state index is 13.2. The first-order valence-electron chi connectivity index (χ1n) is 8.93. The molecule has 8 heteroatoms. The van der Waals surface area contributed by atoms with Crippen LogP contribution >= 0.6 is 0 Å². The summed E-state index contributed by atoms with van der Waals surface area (Å²) in [6.45, 7) is 8.52. The number of nitrogens with one attached hydrogen (secondary N) is 1. The molecule has 1 saturated heterocycles. The van der Waals surface area contributed by atoms with E-state index in [4.69, 9.17) is 0 Å². The smallest absolute Gasteiger partial charge is 0.269 e. The molecule has 1 N–H and O–H groups in total. The third kappa shape index (κ3) is 3.08. The topological polar surface area (TPSA) is 80.1 Å². The Balaban J connectivity index is 1.87. The summed E-state index contributed by atoms with van der Waals surface area (Å²) < 4.78 is 27.7. The average molecular weight is 385 g/mol. The van der Waals surface area contributed by atoms with Gasteiger partial charge in [0.25, 0.3) is 10.0 Å². The van der Waals surface area contributed by atoms with E-state index in [9.17, 15) is 8.42 Å². The van der Waals surface area contributed by atoms with Gasteiger partial charge >= 0.3 is 0 Å². The first-order chi connectivity index (χ1) is 12.8. The molecule has 1 fully saturated rings. The minimum Gasteiger partial charge on any atom is -0.353 e. The van der Waals surface area contributed by atoms with Gasteiger partial charge in [0.05, 0.1) is 10.3 Å². The maximum Gasteiger partial charge on any atom is 0.269 e. The van der Waals surface area contributed by atoms with Gasteiger partial charge in [0, 0.05) is 30.9 Å². The second kappa shape index (κ2) is 6.31. The lowest BCUT2D eigenvalue weighted by molar-refractivity contribution is 0.352. The highest BCUT2D eigenvalue weighted by Crippen LogP contribution is 2.30. The minimum absolute atomic E-state index is 0.0384. The van der Waals surface area contributed by atoms with Crippen LogP contribution in [0.3, 0.4) is 0 Å². The van der Waals surface area contributed by atoms with Crippen LogP contribution < -0.4 is 10.2 Å². The summed E-state index contributed by atoms with van der Waals surface area (Å²) in [5.74, 6) is 0.777. The molecule has 1 aliphatic rings. The van der Waals surface area contributed by atoms with Crippen LogP contribution in [0.2, 0.25) is 0 Å². The molecular formula is C19H23N5O2S. The number of aromatic nitrogens is 3. The third-order valence-corrected chi connectivity index (χ3v) is 6.67. The van der Waals surface area contributed by atoms with Crippen molar-refractivity contribution in [1.82, 2.24) is 19.3 Å². The van der Waals surface area contributed by atoms with Crippen molar-refractivity contribution in [1.29, 1.82) is 0 Å². The maximum absolute atomic E-state index is 13.2. The fraction of sp³-hybridized carbons (Fsp3) is 0.368. The standard InChI is InChI=1S/C19H23N5O2S/c1-14-11-16-17(23-10-9-22-19(2,3)12-23)20-13-21-18(16)24(14)27(25,26)15-7-5-4-6-8-15/h4-8,11,13,22H,9-10,12H2,1-3H3. The van der Waals surface area contributed by atoms with Crippen LogP contribution in [0.25, 0.3) is 11.0 Å². The number of fused-ring (bicyclic) bond motifs is 1. The molecule has 1 aliphatic heterocycles. The third-order valence-electron chi connectivity index (χ3n) is 4.86. The molecule has 0 bridgehead atoms. The lowest BCUT2D eigenvalue weighted by atomic mass is 10.0. The van der Waals surface area contributed by atoms with Gasteiger partial charge in [-0.2, -0.15) is 0 Å². The number of anilines is 1. The Morgan fingerprint density at radius 2 is 1.89 bits per heavy atom. The second-order valence-electron chi connectivity index (χ2n) is 7.53. The Hall–Kier alpha value is -2.45. The highest BCUT2D eigenvalue weighted by atomic mass is 32.2. The number of nitrogens with zero attached hydrogens (tertiary/aromatic N) is 4. The number of aryl methyl sites for hydroxylation is 1. The summed E-state index contributed by atoms with van der Waals surface area (Å²) in [6, 6.07) is 10.3. The van der Waals surface area contributed by atoms with E-state index in [0.717, 1.165) is 30.8 Å². The minimum atomic E-state index is -3.73.